The second-order valence-electron chi connectivity index (χ2n) is 4.92. The summed E-state index contributed by atoms with van der Waals surface area (Å²) in [7, 11) is 1.63. The minimum atomic E-state index is 0.218. The Balaban J connectivity index is 1.71. The third kappa shape index (κ3) is 2.92. The van der Waals surface area contributed by atoms with Crippen molar-refractivity contribution in [3.8, 4) is 17.2 Å². The third-order valence-corrected chi connectivity index (χ3v) is 3.51. The lowest BCUT2D eigenvalue weighted by molar-refractivity contribution is 0.171. The molecule has 1 aliphatic heterocycles. The van der Waals surface area contributed by atoms with Gasteiger partial charge in [0, 0.05) is 25.0 Å². The van der Waals surface area contributed by atoms with E-state index < -0.39 is 0 Å². The normalized spacial score (nSPS) is 14.0. The number of nitrogens with one attached hydrogen (secondary N) is 1. The lowest BCUT2D eigenvalue weighted by Gasteiger charge is -2.15. The van der Waals surface area contributed by atoms with Gasteiger partial charge in [0.15, 0.2) is 11.5 Å². The van der Waals surface area contributed by atoms with Crippen molar-refractivity contribution < 1.29 is 14.2 Å². The van der Waals surface area contributed by atoms with Gasteiger partial charge in [-0.15, -0.1) is 0 Å². The number of aromatic nitrogens is 1. The molecule has 3 rings (SSSR count). The van der Waals surface area contributed by atoms with Gasteiger partial charge in [0.25, 0.3) is 0 Å². The van der Waals surface area contributed by atoms with Gasteiger partial charge >= 0.3 is 0 Å². The van der Waals surface area contributed by atoms with Crippen LogP contribution in [0.2, 0.25) is 0 Å². The van der Waals surface area contributed by atoms with E-state index in [9.17, 15) is 0 Å². The van der Waals surface area contributed by atoms with E-state index in [2.05, 4.69) is 23.3 Å². The Kier molecular flexibility index (Phi) is 3.92. The fraction of sp³-hybridized carbons (Fsp3) is 0.312. The predicted octanol–water partition coefficient (Wildman–Crippen LogP) is 2.67. The van der Waals surface area contributed by atoms with Crippen LogP contribution in [0.3, 0.4) is 0 Å². The monoisotopic (exact) mass is 286 g/mol. The molecule has 21 heavy (non-hydrogen) atoms. The van der Waals surface area contributed by atoms with Gasteiger partial charge in [-0.25, -0.2) is 0 Å². The van der Waals surface area contributed by atoms with Crippen LogP contribution in [0, 0.1) is 0 Å². The number of ether oxygens (including phenoxy) is 3. The molecule has 110 valence electrons. The fourth-order valence-electron chi connectivity index (χ4n) is 2.31. The van der Waals surface area contributed by atoms with Crippen molar-refractivity contribution >= 4 is 0 Å². The molecule has 1 atom stereocenters. The van der Waals surface area contributed by atoms with Crippen LogP contribution in [-0.2, 0) is 6.54 Å². The Hall–Kier alpha value is -2.27. The van der Waals surface area contributed by atoms with Crippen LogP contribution in [0.1, 0.15) is 24.1 Å². The van der Waals surface area contributed by atoms with Crippen LogP contribution < -0.4 is 19.5 Å². The van der Waals surface area contributed by atoms with Gasteiger partial charge in [0.05, 0.1) is 7.11 Å². The molecule has 2 heterocycles. The number of hydrogen-bond acceptors (Lipinski definition) is 5. The molecular formula is C16H18N2O3. The van der Waals surface area contributed by atoms with Crippen molar-refractivity contribution in [1.82, 2.24) is 10.3 Å². The van der Waals surface area contributed by atoms with E-state index >= 15 is 0 Å². The van der Waals surface area contributed by atoms with Crippen molar-refractivity contribution in [3.63, 3.8) is 0 Å². The van der Waals surface area contributed by atoms with Gasteiger partial charge in [-0.3, -0.25) is 4.98 Å². The first-order valence-corrected chi connectivity index (χ1v) is 6.87. The van der Waals surface area contributed by atoms with E-state index in [4.69, 9.17) is 14.2 Å². The molecule has 2 aromatic rings. The lowest BCUT2D eigenvalue weighted by atomic mass is 10.1. The Labute approximate surface area is 123 Å². The topological polar surface area (TPSA) is 52.6 Å². The standard InChI is InChI=1S/C16H18N2O3/c1-11(13-4-3-5-17-9-13)18-8-12-6-14(19-2)16-15(7-12)20-10-21-16/h3-7,9,11,18H,8,10H2,1-2H3. The summed E-state index contributed by atoms with van der Waals surface area (Å²) in [5.74, 6) is 2.12. The average molecular weight is 286 g/mol. The molecule has 0 amide bonds. The van der Waals surface area contributed by atoms with Crippen molar-refractivity contribution in [2.75, 3.05) is 13.9 Å². The lowest BCUT2D eigenvalue weighted by Crippen LogP contribution is -2.18. The first-order chi connectivity index (χ1) is 10.3. The van der Waals surface area contributed by atoms with Crippen molar-refractivity contribution in [3.05, 3.63) is 47.8 Å². The van der Waals surface area contributed by atoms with Gasteiger partial charge in [-0.1, -0.05) is 6.07 Å². The van der Waals surface area contributed by atoms with E-state index in [-0.39, 0.29) is 12.8 Å². The van der Waals surface area contributed by atoms with Crippen LogP contribution in [0.4, 0.5) is 0 Å². The molecule has 0 bridgehead atoms. The predicted molar refractivity (Wildman–Crippen MR) is 78.6 cm³/mol. The van der Waals surface area contributed by atoms with Gasteiger partial charge in [-0.2, -0.15) is 0 Å². The summed E-state index contributed by atoms with van der Waals surface area (Å²) in [5, 5.41) is 3.47. The molecule has 1 aromatic carbocycles. The maximum atomic E-state index is 5.43. The number of pyridine rings is 1. The quantitative estimate of drug-likeness (QED) is 0.915. The molecule has 1 N–H and O–H groups in total. The number of benzene rings is 1. The van der Waals surface area contributed by atoms with E-state index in [0.717, 1.165) is 16.9 Å². The van der Waals surface area contributed by atoms with Crippen LogP contribution in [0.25, 0.3) is 0 Å². The molecule has 0 radical (unpaired) electrons. The Bertz CT molecular complexity index is 616. The van der Waals surface area contributed by atoms with E-state index in [1.54, 1.807) is 13.3 Å². The molecule has 0 fully saturated rings. The Morgan fingerprint density at radius 3 is 3.05 bits per heavy atom. The SMILES string of the molecule is COc1cc(CNC(C)c2cccnc2)cc2c1OCO2. The molecule has 0 spiro atoms. The first-order valence-electron chi connectivity index (χ1n) is 6.87. The molecule has 0 aliphatic carbocycles. The summed E-state index contributed by atoms with van der Waals surface area (Å²) in [6, 6.07) is 8.17. The van der Waals surface area contributed by atoms with Gasteiger partial charge in [-0.05, 0) is 36.2 Å². The number of nitrogens with zero attached hydrogens (tertiary/aromatic N) is 1. The second-order valence-corrected chi connectivity index (χ2v) is 4.92. The highest BCUT2D eigenvalue weighted by atomic mass is 16.7. The summed E-state index contributed by atoms with van der Waals surface area (Å²) >= 11 is 0. The molecule has 5 nitrogen and oxygen atoms in total. The number of hydrogen-bond donors (Lipinski definition) is 1. The maximum absolute atomic E-state index is 5.43. The minimum Gasteiger partial charge on any atom is -0.493 e. The first kappa shape index (κ1) is 13.7. The van der Waals surface area contributed by atoms with Crippen LogP contribution >= 0.6 is 0 Å². The smallest absolute Gasteiger partial charge is 0.231 e. The second kappa shape index (κ2) is 6.01. The summed E-state index contributed by atoms with van der Waals surface area (Å²) in [6.45, 7) is 3.07. The highest BCUT2D eigenvalue weighted by Gasteiger charge is 2.20. The Morgan fingerprint density at radius 1 is 1.38 bits per heavy atom. The number of fused-ring (bicyclic) bond motifs is 1. The zero-order chi connectivity index (χ0) is 14.7. The molecule has 0 saturated heterocycles. The van der Waals surface area contributed by atoms with Gasteiger partial charge in [0.1, 0.15) is 0 Å². The summed E-state index contributed by atoms with van der Waals surface area (Å²) < 4.78 is 16.2. The molecule has 1 aliphatic rings. The van der Waals surface area contributed by atoms with E-state index in [1.807, 2.05) is 24.4 Å². The van der Waals surface area contributed by atoms with Crippen molar-refractivity contribution in [1.29, 1.82) is 0 Å². The largest absolute Gasteiger partial charge is 0.493 e. The molecule has 0 saturated carbocycles. The van der Waals surface area contributed by atoms with Crippen LogP contribution in [-0.4, -0.2) is 18.9 Å². The van der Waals surface area contributed by atoms with E-state index in [1.165, 1.54) is 0 Å². The molecular weight excluding hydrogens is 268 g/mol. The van der Waals surface area contributed by atoms with Crippen molar-refractivity contribution in [2.45, 2.75) is 19.5 Å². The number of rotatable bonds is 5. The summed E-state index contributed by atoms with van der Waals surface area (Å²) in [5.41, 5.74) is 2.25. The molecule has 5 heteroatoms. The van der Waals surface area contributed by atoms with Gasteiger partial charge < -0.3 is 19.5 Å². The third-order valence-electron chi connectivity index (χ3n) is 3.51. The molecule has 1 unspecified atom stereocenters. The number of methoxy groups -OCH3 is 1. The van der Waals surface area contributed by atoms with Crippen LogP contribution in [0.15, 0.2) is 36.7 Å². The minimum absolute atomic E-state index is 0.218. The van der Waals surface area contributed by atoms with Crippen molar-refractivity contribution in [2.24, 2.45) is 0 Å². The van der Waals surface area contributed by atoms with Crippen LogP contribution in [0.5, 0.6) is 17.2 Å². The zero-order valence-corrected chi connectivity index (χ0v) is 12.1. The maximum Gasteiger partial charge on any atom is 0.231 e. The zero-order valence-electron chi connectivity index (χ0n) is 12.1. The van der Waals surface area contributed by atoms with Gasteiger partial charge in [0.2, 0.25) is 12.5 Å². The Morgan fingerprint density at radius 2 is 2.29 bits per heavy atom. The fourth-order valence-corrected chi connectivity index (χ4v) is 2.31. The average Bonchev–Trinajstić information content (AvgIpc) is 3.01. The summed E-state index contributed by atoms with van der Waals surface area (Å²) in [6.07, 6.45) is 3.65. The summed E-state index contributed by atoms with van der Waals surface area (Å²) in [4.78, 5) is 4.14. The van der Waals surface area contributed by atoms with E-state index in [0.29, 0.717) is 18.0 Å². The molecule has 1 aromatic heterocycles. The highest BCUT2D eigenvalue weighted by Crippen LogP contribution is 2.41. The highest BCUT2D eigenvalue weighted by molar-refractivity contribution is 5.55.